The summed E-state index contributed by atoms with van der Waals surface area (Å²) in [5.41, 5.74) is 2.20. The summed E-state index contributed by atoms with van der Waals surface area (Å²) in [5, 5.41) is 3.49. The van der Waals surface area contributed by atoms with Crippen LogP contribution in [0.5, 0.6) is 0 Å². The Hall–Kier alpha value is -3.06. The molecule has 2 aromatic rings. The standard InChI is InChI=1S/C24H24ClN3O4/c1-13(2)21(22-18(25)4-3-9-26-22)27-23(31)14-5-7-17-15(10-14)12-28(24(17)32)19-8-6-16(29)11-20(19)30/h3-5,7,9-10,13,19,21H,6,8,11-12H2,1-2H3,(H,27,31)/t19?,21-/m0/s1. The number of fused-ring (bicyclic) bond motifs is 1. The zero-order valence-electron chi connectivity index (χ0n) is 17.9. The number of rotatable bonds is 5. The number of nitrogens with one attached hydrogen (secondary N) is 1. The molecule has 2 aliphatic rings. The van der Waals surface area contributed by atoms with E-state index in [1.165, 1.54) is 4.90 Å². The molecule has 4 rings (SSSR count). The van der Waals surface area contributed by atoms with Gasteiger partial charge in [0.15, 0.2) is 5.78 Å². The maximum atomic E-state index is 13.0. The van der Waals surface area contributed by atoms with Gasteiger partial charge in [-0.15, -0.1) is 0 Å². The van der Waals surface area contributed by atoms with E-state index in [4.69, 9.17) is 11.6 Å². The molecular weight excluding hydrogens is 430 g/mol. The molecule has 0 saturated heterocycles. The Bertz CT molecular complexity index is 1110. The van der Waals surface area contributed by atoms with Gasteiger partial charge in [0.05, 0.1) is 29.2 Å². The van der Waals surface area contributed by atoms with Crippen molar-refractivity contribution in [3.63, 3.8) is 0 Å². The minimum Gasteiger partial charge on any atom is -0.343 e. The molecule has 0 bridgehead atoms. The van der Waals surface area contributed by atoms with Gasteiger partial charge in [0.1, 0.15) is 5.78 Å². The highest BCUT2D eigenvalue weighted by atomic mass is 35.5. The van der Waals surface area contributed by atoms with E-state index in [1.807, 2.05) is 13.8 Å². The number of pyridine rings is 1. The van der Waals surface area contributed by atoms with Crippen molar-refractivity contribution in [2.75, 3.05) is 0 Å². The van der Waals surface area contributed by atoms with Gasteiger partial charge in [-0.1, -0.05) is 25.4 Å². The van der Waals surface area contributed by atoms with E-state index in [9.17, 15) is 19.2 Å². The minimum atomic E-state index is -0.582. The van der Waals surface area contributed by atoms with E-state index in [0.717, 1.165) is 0 Å². The Labute approximate surface area is 191 Å². The SMILES string of the molecule is CC(C)[C@H](NC(=O)c1ccc2c(c1)CN(C1CCC(=O)CC1=O)C2=O)c1ncccc1Cl. The number of carbonyl (C=O) groups excluding carboxylic acids is 4. The lowest BCUT2D eigenvalue weighted by Crippen LogP contribution is -2.44. The highest BCUT2D eigenvalue weighted by Crippen LogP contribution is 2.30. The number of hydrogen-bond donors (Lipinski definition) is 1. The fourth-order valence-electron chi connectivity index (χ4n) is 4.33. The van der Waals surface area contributed by atoms with E-state index in [0.29, 0.717) is 40.2 Å². The van der Waals surface area contributed by atoms with Crippen LogP contribution in [0.3, 0.4) is 0 Å². The van der Waals surface area contributed by atoms with Crippen molar-refractivity contribution in [2.45, 2.75) is 51.7 Å². The second-order valence-electron chi connectivity index (χ2n) is 8.61. The average Bonchev–Trinajstić information content (AvgIpc) is 3.08. The molecule has 1 aliphatic carbocycles. The van der Waals surface area contributed by atoms with Gasteiger partial charge in [0, 0.05) is 30.3 Å². The van der Waals surface area contributed by atoms with Gasteiger partial charge in [0.25, 0.3) is 11.8 Å². The van der Waals surface area contributed by atoms with E-state index in [2.05, 4.69) is 10.3 Å². The van der Waals surface area contributed by atoms with Gasteiger partial charge in [-0.2, -0.15) is 0 Å². The third-order valence-corrected chi connectivity index (χ3v) is 6.37. The van der Waals surface area contributed by atoms with Gasteiger partial charge in [-0.25, -0.2) is 0 Å². The number of ketones is 2. The molecule has 1 aromatic carbocycles. The summed E-state index contributed by atoms with van der Waals surface area (Å²) in [5.74, 6) is -0.772. The molecule has 1 fully saturated rings. The zero-order chi connectivity index (χ0) is 23.0. The summed E-state index contributed by atoms with van der Waals surface area (Å²) in [6, 6.07) is 7.45. The number of Topliss-reactive ketones (excluding diaryl/α,β-unsaturated/α-hetero) is 2. The lowest BCUT2D eigenvalue weighted by molar-refractivity contribution is -0.133. The molecule has 1 saturated carbocycles. The van der Waals surface area contributed by atoms with Crippen LogP contribution in [0.2, 0.25) is 5.02 Å². The highest BCUT2D eigenvalue weighted by molar-refractivity contribution is 6.31. The minimum absolute atomic E-state index is 0.0536. The summed E-state index contributed by atoms with van der Waals surface area (Å²) in [7, 11) is 0. The zero-order valence-corrected chi connectivity index (χ0v) is 18.7. The average molecular weight is 454 g/mol. The molecule has 7 nitrogen and oxygen atoms in total. The maximum absolute atomic E-state index is 13.0. The summed E-state index contributed by atoms with van der Waals surface area (Å²) >= 11 is 6.29. The van der Waals surface area contributed by atoms with Gasteiger partial charge < -0.3 is 10.2 Å². The number of benzene rings is 1. The van der Waals surface area contributed by atoms with Crippen molar-refractivity contribution < 1.29 is 19.2 Å². The molecule has 1 unspecified atom stereocenters. The summed E-state index contributed by atoms with van der Waals surface area (Å²) in [6.45, 7) is 4.20. The van der Waals surface area contributed by atoms with E-state index >= 15 is 0 Å². The number of nitrogens with zero attached hydrogens (tertiary/aromatic N) is 2. The monoisotopic (exact) mass is 453 g/mol. The van der Waals surface area contributed by atoms with Crippen molar-refractivity contribution in [1.29, 1.82) is 0 Å². The van der Waals surface area contributed by atoms with E-state index in [-0.39, 0.29) is 48.3 Å². The molecule has 8 heteroatoms. The Morgan fingerprint density at radius 1 is 1.22 bits per heavy atom. The van der Waals surface area contributed by atoms with Crippen molar-refractivity contribution in [1.82, 2.24) is 15.2 Å². The molecule has 2 heterocycles. The molecule has 32 heavy (non-hydrogen) atoms. The van der Waals surface area contributed by atoms with Crippen molar-refractivity contribution in [2.24, 2.45) is 5.92 Å². The first-order valence-electron chi connectivity index (χ1n) is 10.7. The third kappa shape index (κ3) is 4.17. The molecule has 1 aromatic heterocycles. The number of halogens is 1. The topological polar surface area (TPSA) is 96.4 Å². The van der Waals surface area contributed by atoms with Gasteiger partial charge >= 0.3 is 0 Å². The Morgan fingerprint density at radius 3 is 2.69 bits per heavy atom. The molecule has 1 N–H and O–H groups in total. The number of hydrogen-bond acceptors (Lipinski definition) is 5. The van der Waals surface area contributed by atoms with Crippen LogP contribution in [-0.4, -0.2) is 39.3 Å². The molecule has 0 spiro atoms. The molecule has 1 aliphatic heterocycles. The lowest BCUT2D eigenvalue weighted by atomic mass is 9.92. The van der Waals surface area contributed by atoms with Crippen LogP contribution in [0.4, 0.5) is 0 Å². The first kappa shape index (κ1) is 22.1. The van der Waals surface area contributed by atoms with Crippen LogP contribution in [0.25, 0.3) is 0 Å². The quantitative estimate of drug-likeness (QED) is 0.699. The van der Waals surface area contributed by atoms with Crippen LogP contribution < -0.4 is 5.32 Å². The predicted molar refractivity (Wildman–Crippen MR) is 118 cm³/mol. The van der Waals surface area contributed by atoms with E-state index < -0.39 is 6.04 Å². The Morgan fingerprint density at radius 2 is 2.00 bits per heavy atom. The van der Waals surface area contributed by atoms with Gasteiger partial charge in [-0.05, 0) is 48.2 Å². The highest BCUT2D eigenvalue weighted by Gasteiger charge is 2.39. The normalized spacial score (nSPS) is 19.3. The van der Waals surface area contributed by atoms with E-state index in [1.54, 1.807) is 36.5 Å². The molecule has 166 valence electrons. The second kappa shape index (κ2) is 8.82. The first-order valence-corrected chi connectivity index (χ1v) is 11.0. The number of carbonyl (C=O) groups is 4. The van der Waals surface area contributed by atoms with Crippen LogP contribution in [0.1, 0.15) is 71.1 Å². The largest absolute Gasteiger partial charge is 0.343 e. The van der Waals surface area contributed by atoms with Crippen molar-refractivity contribution >= 4 is 35.0 Å². The molecular formula is C24H24ClN3O4. The van der Waals surface area contributed by atoms with Crippen LogP contribution in [-0.2, 0) is 16.1 Å². The smallest absolute Gasteiger partial charge is 0.255 e. The Balaban J connectivity index is 1.53. The van der Waals surface area contributed by atoms with Gasteiger partial charge in [-0.3, -0.25) is 24.2 Å². The maximum Gasteiger partial charge on any atom is 0.255 e. The lowest BCUT2D eigenvalue weighted by Gasteiger charge is -2.29. The van der Waals surface area contributed by atoms with Crippen LogP contribution in [0.15, 0.2) is 36.5 Å². The van der Waals surface area contributed by atoms with Crippen molar-refractivity contribution in [3.05, 3.63) is 63.9 Å². The van der Waals surface area contributed by atoms with Crippen LogP contribution in [0, 0.1) is 5.92 Å². The second-order valence-corrected chi connectivity index (χ2v) is 9.01. The van der Waals surface area contributed by atoms with Gasteiger partial charge in [0.2, 0.25) is 0 Å². The number of aromatic nitrogens is 1. The fourth-order valence-corrected chi connectivity index (χ4v) is 4.57. The predicted octanol–water partition coefficient (Wildman–Crippen LogP) is 3.51. The van der Waals surface area contributed by atoms with Crippen LogP contribution >= 0.6 is 11.6 Å². The summed E-state index contributed by atoms with van der Waals surface area (Å²) < 4.78 is 0. The number of amides is 2. The third-order valence-electron chi connectivity index (χ3n) is 6.05. The molecule has 2 amide bonds. The van der Waals surface area contributed by atoms with Crippen molar-refractivity contribution in [3.8, 4) is 0 Å². The molecule has 0 radical (unpaired) electrons. The molecule has 2 atom stereocenters. The summed E-state index contributed by atoms with van der Waals surface area (Å²) in [4.78, 5) is 55.6. The fraction of sp³-hybridized carbons (Fsp3) is 0.375. The summed E-state index contributed by atoms with van der Waals surface area (Å²) in [6.07, 6.45) is 2.17. The first-order chi connectivity index (χ1) is 15.3. The Kier molecular flexibility index (Phi) is 6.11.